The Kier molecular flexibility index (Phi) is 5.28. The molecule has 0 unspecified atom stereocenters. The molecule has 2 aromatic rings. The van der Waals surface area contributed by atoms with Crippen molar-refractivity contribution >= 4 is 5.91 Å². The molecule has 1 saturated heterocycles. The number of H-pyrrole nitrogens is 1. The third-order valence-corrected chi connectivity index (χ3v) is 4.67. The quantitative estimate of drug-likeness (QED) is 0.838. The number of nitrogens with one attached hydrogen (secondary N) is 2. The highest BCUT2D eigenvalue weighted by Gasteiger charge is 2.24. The fraction of sp³-hybridized carbons (Fsp3) is 0.421. The lowest BCUT2D eigenvalue weighted by Gasteiger charge is -2.25. The number of nitrogens with zero attached hydrogens (tertiary/aromatic N) is 2. The fourth-order valence-electron chi connectivity index (χ4n) is 3.22. The van der Waals surface area contributed by atoms with Gasteiger partial charge in [0.25, 0.3) is 0 Å². The standard InChI is InChI=1S/C19H24N4O2/c1-13-9-21-17(14(2)19(13)25)12-23(10-15-5-3-4-8-20-15)11-16-6-7-18(24)22-16/h3-5,8-9,16H,6-7,10-12H2,1-2H3,(H,21,25)(H,22,24)/t16-/m0/s1. The second-order valence-electron chi connectivity index (χ2n) is 6.70. The van der Waals surface area contributed by atoms with Crippen molar-refractivity contribution in [3.8, 4) is 0 Å². The SMILES string of the molecule is Cc1c[nH]c(CN(Cc2ccccn2)C[C@@H]2CCC(=O)N2)c(C)c1=O. The van der Waals surface area contributed by atoms with E-state index >= 15 is 0 Å². The van der Waals surface area contributed by atoms with E-state index < -0.39 is 0 Å². The van der Waals surface area contributed by atoms with Crippen LogP contribution in [0.25, 0.3) is 0 Å². The summed E-state index contributed by atoms with van der Waals surface area (Å²) >= 11 is 0. The lowest BCUT2D eigenvalue weighted by molar-refractivity contribution is -0.119. The van der Waals surface area contributed by atoms with E-state index in [4.69, 9.17) is 0 Å². The zero-order valence-corrected chi connectivity index (χ0v) is 14.7. The van der Waals surface area contributed by atoms with Crippen LogP contribution in [0.2, 0.25) is 0 Å². The summed E-state index contributed by atoms with van der Waals surface area (Å²) in [7, 11) is 0. The molecule has 2 N–H and O–H groups in total. The molecule has 1 atom stereocenters. The molecular formula is C19H24N4O2. The van der Waals surface area contributed by atoms with E-state index in [0.29, 0.717) is 19.5 Å². The van der Waals surface area contributed by atoms with Crippen LogP contribution in [0.4, 0.5) is 0 Å². The van der Waals surface area contributed by atoms with Gasteiger partial charge in [-0.2, -0.15) is 0 Å². The number of aromatic nitrogens is 2. The summed E-state index contributed by atoms with van der Waals surface area (Å²) in [6.07, 6.45) is 4.98. The molecule has 0 aromatic carbocycles. The normalized spacial score (nSPS) is 17.1. The molecule has 0 aliphatic carbocycles. The molecule has 0 spiro atoms. The van der Waals surface area contributed by atoms with E-state index in [1.165, 1.54) is 0 Å². The van der Waals surface area contributed by atoms with Gasteiger partial charge in [0.15, 0.2) is 5.43 Å². The second-order valence-corrected chi connectivity index (χ2v) is 6.70. The molecule has 3 heterocycles. The van der Waals surface area contributed by atoms with E-state index in [9.17, 15) is 9.59 Å². The number of carbonyl (C=O) groups is 1. The van der Waals surface area contributed by atoms with Gasteiger partial charge in [-0.05, 0) is 32.4 Å². The maximum Gasteiger partial charge on any atom is 0.220 e. The molecule has 1 aliphatic rings. The Morgan fingerprint density at radius 2 is 2.08 bits per heavy atom. The topological polar surface area (TPSA) is 78.1 Å². The van der Waals surface area contributed by atoms with Gasteiger partial charge in [-0.15, -0.1) is 0 Å². The van der Waals surface area contributed by atoms with E-state index in [2.05, 4.69) is 20.2 Å². The van der Waals surface area contributed by atoms with Crippen LogP contribution in [-0.2, 0) is 17.9 Å². The average Bonchev–Trinajstić information content (AvgIpc) is 3.01. The second kappa shape index (κ2) is 7.61. The Hall–Kier alpha value is -2.47. The van der Waals surface area contributed by atoms with Gasteiger partial charge in [-0.1, -0.05) is 6.07 Å². The number of hydrogen-bond donors (Lipinski definition) is 2. The van der Waals surface area contributed by atoms with Crippen LogP contribution in [0.3, 0.4) is 0 Å². The summed E-state index contributed by atoms with van der Waals surface area (Å²) in [5, 5.41) is 3.02. The Labute approximate surface area is 147 Å². The summed E-state index contributed by atoms with van der Waals surface area (Å²) < 4.78 is 0. The molecule has 1 aliphatic heterocycles. The molecule has 1 fully saturated rings. The van der Waals surface area contributed by atoms with Gasteiger partial charge < -0.3 is 10.3 Å². The van der Waals surface area contributed by atoms with Gasteiger partial charge in [0.1, 0.15) is 0 Å². The monoisotopic (exact) mass is 340 g/mol. The maximum atomic E-state index is 12.2. The van der Waals surface area contributed by atoms with Crippen LogP contribution in [0.15, 0.2) is 35.4 Å². The molecule has 2 aromatic heterocycles. The number of aromatic amines is 1. The minimum Gasteiger partial charge on any atom is -0.363 e. The molecule has 0 radical (unpaired) electrons. The maximum absolute atomic E-state index is 12.2. The number of aryl methyl sites for hydroxylation is 1. The molecule has 0 saturated carbocycles. The first-order valence-corrected chi connectivity index (χ1v) is 8.62. The van der Waals surface area contributed by atoms with Gasteiger partial charge in [-0.25, -0.2) is 0 Å². The predicted molar refractivity (Wildman–Crippen MR) is 96.1 cm³/mol. The molecule has 3 rings (SSSR count). The average molecular weight is 340 g/mol. The molecule has 6 heteroatoms. The van der Waals surface area contributed by atoms with Crippen molar-refractivity contribution in [2.24, 2.45) is 0 Å². The molecule has 1 amide bonds. The molecule has 0 bridgehead atoms. The summed E-state index contributed by atoms with van der Waals surface area (Å²) in [4.78, 5) is 33.6. The van der Waals surface area contributed by atoms with Crippen LogP contribution < -0.4 is 10.7 Å². The zero-order valence-electron chi connectivity index (χ0n) is 14.7. The zero-order chi connectivity index (χ0) is 17.8. The van der Waals surface area contributed by atoms with Crippen molar-refractivity contribution < 1.29 is 4.79 Å². The Balaban J connectivity index is 1.79. The van der Waals surface area contributed by atoms with Crippen molar-refractivity contribution in [2.75, 3.05) is 6.54 Å². The van der Waals surface area contributed by atoms with Gasteiger partial charge in [0.05, 0.1) is 5.69 Å². The van der Waals surface area contributed by atoms with Crippen LogP contribution in [0, 0.1) is 13.8 Å². The minimum atomic E-state index is 0.0840. The first-order valence-electron chi connectivity index (χ1n) is 8.62. The molecular weight excluding hydrogens is 316 g/mol. The lowest BCUT2D eigenvalue weighted by Crippen LogP contribution is -2.38. The van der Waals surface area contributed by atoms with E-state index in [-0.39, 0.29) is 17.4 Å². The van der Waals surface area contributed by atoms with Crippen LogP contribution in [0.1, 0.15) is 35.4 Å². The number of pyridine rings is 2. The van der Waals surface area contributed by atoms with E-state index in [0.717, 1.165) is 35.5 Å². The van der Waals surface area contributed by atoms with Gasteiger partial charge >= 0.3 is 0 Å². The first-order chi connectivity index (χ1) is 12.0. The third-order valence-electron chi connectivity index (χ3n) is 4.67. The van der Waals surface area contributed by atoms with Crippen molar-refractivity contribution in [1.82, 2.24) is 20.2 Å². The van der Waals surface area contributed by atoms with Gasteiger partial charge in [0, 0.05) is 61.3 Å². The van der Waals surface area contributed by atoms with Crippen molar-refractivity contribution in [3.63, 3.8) is 0 Å². The largest absolute Gasteiger partial charge is 0.363 e. The molecule has 6 nitrogen and oxygen atoms in total. The van der Waals surface area contributed by atoms with Gasteiger partial charge in [-0.3, -0.25) is 19.5 Å². The Morgan fingerprint density at radius 1 is 1.24 bits per heavy atom. The number of carbonyl (C=O) groups excluding carboxylic acids is 1. The van der Waals surface area contributed by atoms with Crippen molar-refractivity contribution in [3.05, 3.63) is 63.3 Å². The third kappa shape index (κ3) is 4.33. The highest BCUT2D eigenvalue weighted by Crippen LogP contribution is 2.14. The number of hydrogen-bond acceptors (Lipinski definition) is 4. The summed E-state index contributed by atoms with van der Waals surface area (Å²) in [6.45, 7) is 5.69. The molecule has 132 valence electrons. The van der Waals surface area contributed by atoms with Crippen LogP contribution in [0.5, 0.6) is 0 Å². The Bertz CT molecular complexity index is 801. The smallest absolute Gasteiger partial charge is 0.220 e. The van der Waals surface area contributed by atoms with E-state index in [1.54, 1.807) is 12.4 Å². The first kappa shape index (κ1) is 17.4. The van der Waals surface area contributed by atoms with E-state index in [1.807, 2.05) is 32.0 Å². The summed E-state index contributed by atoms with van der Waals surface area (Å²) in [5.74, 6) is 0.114. The van der Waals surface area contributed by atoms with Crippen LogP contribution in [-0.4, -0.2) is 33.4 Å². The number of amides is 1. The summed E-state index contributed by atoms with van der Waals surface area (Å²) in [6, 6.07) is 6.00. The predicted octanol–water partition coefficient (Wildman–Crippen LogP) is 1.67. The van der Waals surface area contributed by atoms with Crippen molar-refractivity contribution in [1.29, 1.82) is 0 Å². The minimum absolute atomic E-state index is 0.0840. The highest BCUT2D eigenvalue weighted by molar-refractivity contribution is 5.78. The van der Waals surface area contributed by atoms with Gasteiger partial charge in [0.2, 0.25) is 5.91 Å². The summed E-state index contributed by atoms with van der Waals surface area (Å²) in [5.41, 5.74) is 3.44. The Morgan fingerprint density at radius 3 is 2.76 bits per heavy atom. The number of rotatable bonds is 6. The van der Waals surface area contributed by atoms with Crippen LogP contribution >= 0.6 is 0 Å². The fourth-order valence-corrected chi connectivity index (χ4v) is 3.22. The van der Waals surface area contributed by atoms with Crippen molar-refractivity contribution in [2.45, 2.75) is 45.8 Å². The lowest BCUT2D eigenvalue weighted by atomic mass is 10.1. The molecule has 25 heavy (non-hydrogen) atoms. The highest BCUT2D eigenvalue weighted by atomic mass is 16.2.